The zero-order valence-corrected chi connectivity index (χ0v) is 58.3. The van der Waals surface area contributed by atoms with Gasteiger partial charge in [-0.25, -0.2) is 0 Å². The first-order valence-corrected chi connectivity index (χ1v) is 34.3. The number of ketones is 4. The number of primary amides is 2. The quantitative estimate of drug-likeness (QED) is 0.0170. The van der Waals surface area contributed by atoms with Gasteiger partial charge in [0, 0.05) is 89.6 Å². The number of likely N-dealkylation sites (N-methyl/N-ethyl adjacent to an activating group) is 1. The second-order valence-electron chi connectivity index (χ2n) is 25.9. The number of ether oxygens (including phenoxy) is 2. The molecule has 0 heterocycles. The van der Waals surface area contributed by atoms with E-state index in [1.165, 1.54) is 31.0 Å². The van der Waals surface area contributed by atoms with Crippen molar-refractivity contribution in [3.63, 3.8) is 0 Å². The number of rotatable bonds is 51. The molecule has 0 radical (unpaired) electrons. The van der Waals surface area contributed by atoms with Crippen molar-refractivity contribution in [1.82, 2.24) is 26.2 Å². The normalized spacial score (nSPS) is 13.7. The van der Waals surface area contributed by atoms with E-state index in [4.69, 9.17) is 43.9 Å². The number of phenols is 1. The molecule has 99 heavy (non-hydrogen) atoms. The molecular weight excluding hydrogens is 1270 g/mol. The highest BCUT2D eigenvalue weighted by molar-refractivity contribution is 5.98. The Morgan fingerprint density at radius 2 is 1.05 bits per heavy atom. The van der Waals surface area contributed by atoms with Crippen LogP contribution in [0.15, 0.2) is 107 Å². The van der Waals surface area contributed by atoms with Crippen molar-refractivity contribution in [1.29, 1.82) is 0 Å². The van der Waals surface area contributed by atoms with Gasteiger partial charge in [-0.05, 0) is 136 Å². The van der Waals surface area contributed by atoms with Gasteiger partial charge in [0.2, 0.25) is 35.4 Å². The number of hydrogen-bond acceptors (Lipinski definition) is 16. The number of nitrogens with zero attached hydrogens (tertiary/aromatic N) is 3. The molecule has 0 fully saturated rings. The van der Waals surface area contributed by atoms with Gasteiger partial charge in [-0.3, -0.25) is 57.9 Å². The predicted octanol–water partition coefficient (Wildman–Crippen LogP) is 3.89. The van der Waals surface area contributed by atoms with Crippen molar-refractivity contribution in [2.45, 2.75) is 161 Å². The maximum atomic E-state index is 15.2. The number of guanidine groups is 2. The van der Waals surface area contributed by atoms with Gasteiger partial charge in [-0.15, -0.1) is 0 Å². The monoisotopic (exact) mass is 1370 g/mol. The Kier molecular flexibility index (Phi) is 37.2. The molecule has 6 amide bonds. The van der Waals surface area contributed by atoms with Gasteiger partial charge >= 0.3 is 0 Å². The Balaban J connectivity index is 1.64. The van der Waals surface area contributed by atoms with E-state index >= 15 is 14.4 Å². The Morgan fingerprint density at radius 1 is 0.515 bits per heavy atom. The van der Waals surface area contributed by atoms with Crippen molar-refractivity contribution in [2.75, 3.05) is 60.2 Å². The summed E-state index contributed by atoms with van der Waals surface area (Å²) >= 11 is 0. The third-order valence-corrected chi connectivity index (χ3v) is 17.3. The first kappa shape index (κ1) is 82.3. The second-order valence-corrected chi connectivity index (χ2v) is 25.9. The number of hydrogen-bond donors (Lipinski definition) is 11. The average molecular weight is 1370 g/mol. The Labute approximate surface area is 581 Å². The maximum Gasteiger partial charge on any atom is 0.240 e. The standard InChI is InChI=1S/C73H107N13O13/c1-47(2)37-56(45-65(91)61(41-51-24-27-52-19-11-12-20-53(52)39-51)84-70(96)57(38-50-25-28-58(87)29-26-50)42-59(88)23-10-7-13-30-80-31-16-34-99-36-35-98-5)69(95)83-60(40-49-17-8-6-9-18-49)64(90)44-55(22-15-33-82-73(78)79)71(97)86(4)48(3)63(89)43-54(21-14-32-81-72(76)77)68(94)85-62(67(75)93)46-66(74)92/h6,8-9,11-12,17-20,24-29,39,47-48,54-57,60-62,80,87H,7,10,13-16,21-23,30-38,40-46H2,1-5H3,(H2,74,92)(H2,75,93)(H,83,95)(H,84,96)(H,85,94)(H4,76,77,81)(H4,78,79,82)/t48-,54+,55+,56+,57+,60-,61-,62-/m0/s1. The number of aliphatic imine (C=N–C) groups is 2. The summed E-state index contributed by atoms with van der Waals surface area (Å²) in [6.07, 6.45) is 2.31. The van der Waals surface area contributed by atoms with Crippen molar-refractivity contribution in [3.05, 3.63) is 114 Å². The van der Waals surface area contributed by atoms with E-state index in [0.29, 0.717) is 37.4 Å². The first-order chi connectivity index (χ1) is 47.2. The number of aromatic hydroxyl groups is 1. The minimum absolute atomic E-state index is 0.0123. The number of carbonyl (C=O) groups is 10. The molecule has 0 aromatic heterocycles. The van der Waals surface area contributed by atoms with E-state index in [-0.39, 0.29) is 113 Å². The Morgan fingerprint density at radius 3 is 1.66 bits per heavy atom. The summed E-state index contributed by atoms with van der Waals surface area (Å²) in [6, 6.07) is 23.7. The highest BCUT2D eigenvalue weighted by Gasteiger charge is 2.37. The lowest BCUT2D eigenvalue weighted by Crippen LogP contribution is -2.50. The molecule has 542 valence electrons. The predicted molar refractivity (Wildman–Crippen MR) is 381 cm³/mol. The smallest absolute Gasteiger partial charge is 0.240 e. The fourth-order valence-corrected chi connectivity index (χ4v) is 11.7. The molecule has 0 spiro atoms. The summed E-state index contributed by atoms with van der Waals surface area (Å²) in [7, 11) is 3.02. The number of amides is 6. The van der Waals surface area contributed by atoms with Crippen LogP contribution in [0.2, 0.25) is 0 Å². The lowest BCUT2D eigenvalue weighted by Gasteiger charge is -2.30. The fraction of sp³-hybridized carbons (Fsp3) is 0.534. The Bertz CT molecular complexity index is 3300. The van der Waals surface area contributed by atoms with Crippen LogP contribution in [0.1, 0.15) is 134 Å². The molecule has 4 aromatic rings. The minimum atomic E-state index is -1.47. The Hall–Kier alpha value is -9.14. The number of methoxy groups -OCH3 is 1. The molecule has 0 aliphatic heterocycles. The van der Waals surface area contributed by atoms with Crippen LogP contribution in [0, 0.1) is 29.6 Å². The molecule has 0 unspecified atom stereocenters. The minimum Gasteiger partial charge on any atom is -0.508 e. The van der Waals surface area contributed by atoms with Crippen molar-refractivity contribution < 1.29 is 62.5 Å². The van der Waals surface area contributed by atoms with Crippen LogP contribution in [0.5, 0.6) is 5.75 Å². The van der Waals surface area contributed by atoms with Gasteiger partial charge in [0.25, 0.3) is 0 Å². The number of unbranched alkanes of at least 4 members (excludes halogenated alkanes) is 2. The number of nitrogens with one attached hydrogen (secondary N) is 4. The molecule has 0 saturated carbocycles. The summed E-state index contributed by atoms with van der Waals surface area (Å²) in [5.74, 6) is -10.8. The molecule has 0 bridgehead atoms. The molecular formula is C73H107N13O13. The molecule has 26 heteroatoms. The van der Waals surface area contributed by atoms with Crippen molar-refractivity contribution >= 4 is 81.3 Å². The SMILES string of the molecule is COCCOCCCNCCCCCC(=O)C[C@@H](Cc1ccc(O)cc1)C(=O)N[C@@H](Cc1ccc2ccccc2c1)C(=O)C[C@@H](CC(C)C)C(=O)N[C@@H](Cc1ccccc1)C(=O)C[C@@H](CCCN=C(N)N)C(=O)N(C)[C@@H](C)C(=O)C[C@@H](CCCN=C(N)N)C(=O)N[C@@H](CC(N)=O)C(N)=O. The van der Waals surface area contributed by atoms with Crippen molar-refractivity contribution in [3.8, 4) is 5.75 Å². The number of Topliss-reactive ketones (excluding diaryl/α,β-unsaturated/α-hetero) is 4. The highest BCUT2D eigenvalue weighted by Crippen LogP contribution is 2.26. The van der Waals surface area contributed by atoms with Crippen LogP contribution in [-0.4, -0.2) is 165 Å². The number of phenolic OH excluding ortho intramolecular Hbond substituents is 1. The molecule has 0 saturated heterocycles. The lowest BCUT2D eigenvalue weighted by molar-refractivity contribution is -0.143. The maximum absolute atomic E-state index is 15.2. The third kappa shape index (κ3) is 31.9. The first-order valence-electron chi connectivity index (χ1n) is 34.3. The second kappa shape index (κ2) is 44.7. The lowest BCUT2D eigenvalue weighted by atomic mass is 9.86. The topological polar surface area (TPSA) is 442 Å². The number of nitrogens with two attached hydrogens (primary N) is 6. The summed E-state index contributed by atoms with van der Waals surface area (Å²) < 4.78 is 10.5. The van der Waals surface area contributed by atoms with Crippen LogP contribution in [-0.2, 0) is 76.7 Å². The van der Waals surface area contributed by atoms with Crippen LogP contribution in [0.25, 0.3) is 10.8 Å². The molecule has 0 aliphatic rings. The molecule has 0 aliphatic carbocycles. The van der Waals surface area contributed by atoms with E-state index in [1.807, 2.05) is 56.3 Å². The van der Waals surface area contributed by atoms with Gasteiger partial charge in [0.05, 0.1) is 37.8 Å². The van der Waals surface area contributed by atoms with Crippen LogP contribution >= 0.6 is 0 Å². The van der Waals surface area contributed by atoms with Crippen LogP contribution < -0.4 is 55.7 Å². The van der Waals surface area contributed by atoms with Crippen LogP contribution in [0.3, 0.4) is 0 Å². The number of benzene rings is 4. The van der Waals surface area contributed by atoms with E-state index in [9.17, 15) is 38.7 Å². The van der Waals surface area contributed by atoms with Gasteiger partial charge in [0.15, 0.2) is 29.3 Å². The molecule has 4 aromatic carbocycles. The average Bonchev–Trinajstić information content (AvgIpc) is 0.848. The summed E-state index contributed by atoms with van der Waals surface area (Å²) in [5.41, 5.74) is 35.2. The summed E-state index contributed by atoms with van der Waals surface area (Å²) in [5, 5.41) is 23.9. The van der Waals surface area contributed by atoms with Gasteiger partial charge in [-0.2, -0.15) is 0 Å². The zero-order valence-electron chi connectivity index (χ0n) is 58.3. The van der Waals surface area contributed by atoms with E-state index in [1.54, 1.807) is 49.6 Å². The number of fused-ring (bicyclic) bond motifs is 1. The van der Waals surface area contributed by atoms with Crippen LogP contribution in [0.4, 0.5) is 0 Å². The number of carbonyl (C=O) groups excluding carboxylic acids is 10. The fourth-order valence-electron chi connectivity index (χ4n) is 11.7. The molecule has 8 atom stereocenters. The third-order valence-electron chi connectivity index (χ3n) is 17.3. The van der Waals surface area contributed by atoms with Gasteiger partial charge in [-0.1, -0.05) is 105 Å². The van der Waals surface area contributed by atoms with Gasteiger partial charge in [0.1, 0.15) is 17.6 Å². The van der Waals surface area contributed by atoms with Crippen molar-refractivity contribution in [2.24, 2.45) is 74.0 Å². The summed E-state index contributed by atoms with van der Waals surface area (Å²) in [6.45, 7) is 8.73. The van der Waals surface area contributed by atoms with E-state index < -0.39 is 120 Å². The zero-order chi connectivity index (χ0) is 72.8. The highest BCUT2D eigenvalue weighted by atomic mass is 16.5. The molecule has 4 rings (SSSR count). The molecule has 17 N–H and O–H groups in total. The van der Waals surface area contributed by atoms with E-state index in [2.05, 4.69) is 31.3 Å². The van der Waals surface area contributed by atoms with E-state index in [0.717, 1.165) is 48.7 Å². The molecule has 26 nitrogen and oxygen atoms in total. The largest absolute Gasteiger partial charge is 0.508 e. The summed E-state index contributed by atoms with van der Waals surface area (Å²) in [4.78, 5) is 150. The van der Waals surface area contributed by atoms with Gasteiger partial charge < -0.3 is 75.1 Å².